The molecule has 1 N–H and O–H groups in total. The second-order valence-corrected chi connectivity index (χ2v) is 7.88. The van der Waals surface area contributed by atoms with Crippen molar-refractivity contribution < 1.29 is 9.53 Å². The lowest BCUT2D eigenvalue weighted by atomic mass is 9.87. The van der Waals surface area contributed by atoms with E-state index >= 15 is 0 Å². The van der Waals surface area contributed by atoms with Crippen LogP contribution in [0, 0.1) is 5.41 Å². The minimum absolute atomic E-state index is 0.0577. The summed E-state index contributed by atoms with van der Waals surface area (Å²) in [4.78, 5) is 27.4. The highest BCUT2D eigenvalue weighted by molar-refractivity contribution is 6.08. The van der Waals surface area contributed by atoms with Gasteiger partial charge in [0, 0.05) is 36.0 Å². The molecule has 1 aromatic carbocycles. The molecule has 0 bridgehead atoms. The number of hydrogen-bond donors (Lipinski definition) is 1. The van der Waals surface area contributed by atoms with Crippen LogP contribution in [-0.2, 0) is 4.74 Å². The number of ether oxygens (including phenoxy) is 1. The second-order valence-electron chi connectivity index (χ2n) is 7.88. The molecule has 0 radical (unpaired) electrons. The Bertz CT molecular complexity index is 981. The molecule has 3 heterocycles. The summed E-state index contributed by atoms with van der Waals surface area (Å²) in [5, 5.41) is 0. The number of benzene rings is 1. The maximum atomic E-state index is 12.7. The SMILES string of the molecule is CC(C)(C)C(=O)c1c[nH]c2ncc(-c3cccc(N4CCOCC4)c3)nc12. The summed E-state index contributed by atoms with van der Waals surface area (Å²) in [6, 6.07) is 8.28. The smallest absolute Gasteiger partial charge is 0.171 e. The summed E-state index contributed by atoms with van der Waals surface area (Å²) >= 11 is 0. The molecule has 0 atom stereocenters. The maximum Gasteiger partial charge on any atom is 0.171 e. The van der Waals surface area contributed by atoms with Gasteiger partial charge < -0.3 is 14.6 Å². The second kappa shape index (κ2) is 6.78. The first-order valence-electron chi connectivity index (χ1n) is 9.25. The number of fused-ring (bicyclic) bond motifs is 1. The fourth-order valence-electron chi connectivity index (χ4n) is 3.29. The van der Waals surface area contributed by atoms with Crippen molar-refractivity contribution in [1.29, 1.82) is 0 Å². The van der Waals surface area contributed by atoms with E-state index < -0.39 is 5.41 Å². The number of H-pyrrole nitrogens is 1. The van der Waals surface area contributed by atoms with Crippen LogP contribution in [0.4, 0.5) is 5.69 Å². The van der Waals surface area contributed by atoms with Gasteiger partial charge in [-0.3, -0.25) is 4.79 Å². The number of hydrogen-bond acceptors (Lipinski definition) is 5. The number of nitrogens with zero attached hydrogens (tertiary/aromatic N) is 3. The first-order valence-corrected chi connectivity index (χ1v) is 9.25. The van der Waals surface area contributed by atoms with Crippen LogP contribution in [0.25, 0.3) is 22.4 Å². The molecule has 1 fully saturated rings. The van der Waals surface area contributed by atoms with Gasteiger partial charge in [-0.15, -0.1) is 0 Å². The van der Waals surface area contributed by atoms with E-state index in [1.807, 2.05) is 32.9 Å². The van der Waals surface area contributed by atoms with Crippen LogP contribution >= 0.6 is 0 Å². The zero-order valence-electron chi connectivity index (χ0n) is 16.0. The van der Waals surface area contributed by atoms with Gasteiger partial charge >= 0.3 is 0 Å². The van der Waals surface area contributed by atoms with Gasteiger partial charge in [0.25, 0.3) is 0 Å². The molecule has 0 amide bonds. The molecule has 1 aliphatic rings. The van der Waals surface area contributed by atoms with Crippen LogP contribution in [0.5, 0.6) is 0 Å². The third kappa shape index (κ3) is 3.45. The first-order chi connectivity index (χ1) is 12.9. The Kier molecular flexibility index (Phi) is 4.44. The third-order valence-electron chi connectivity index (χ3n) is 4.82. The monoisotopic (exact) mass is 364 g/mol. The lowest BCUT2D eigenvalue weighted by molar-refractivity contribution is 0.0860. The molecule has 6 nitrogen and oxygen atoms in total. The van der Waals surface area contributed by atoms with Crippen LogP contribution < -0.4 is 4.90 Å². The van der Waals surface area contributed by atoms with E-state index in [1.165, 1.54) is 0 Å². The predicted octanol–water partition coefficient (Wildman–Crippen LogP) is 3.69. The lowest BCUT2D eigenvalue weighted by Gasteiger charge is -2.29. The Balaban J connectivity index is 1.73. The van der Waals surface area contributed by atoms with Crippen molar-refractivity contribution in [1.82, 2.24) is 15.0 Å². The van der Waals surface area contributed by atoms with E-state index in [1.54, 1.807) is 12.4 Å². The largest absolute Gasteiger partial charge is 0.378 e. The molecule has 6 heteroatoms. The van der Waals surface area contributed by atoms with Crippen molar-refractivity contribution >= 4 is 22.6 Å². The van der Waals surface area contributed by atoms with Gasteiger partial charge in [-0.1, -0.05) is 32.9 Å². The minimum atomic E-state index is -0.469. The summed E-state index contributed by atoms with van der Waals surface area (Å²) in [5.74, 6) is 0.0577. The van der Waals surface area contributed by atoms with Crippen molar-refractivity contribution in [2.24, 2.45) is 5.41 Å². The van der Waals surface area contributed by atoms with E-state index in [4.69, 9.17) is 9.72 Å². The first kappa shape index (κ1) is 17.7. The molecule has 3 aromatic rings. The number of carbonyl (C=O) groups excluding carboxylic acids is 1. The Morgan fingerprint density at radius 1 is 1.22 bits per heavy atom. The maximum absolute atomic E-state index is 12.7. The zero-order valence-corrected chi connectivity index (χ0v) is 16.0. The van der Waals surface area contributed by atoms with E-state index in [9.17, 15) is 4.79 Å². The van der Waals surface area contributed by atoms with Crippen LogP contribution in [0.1, 0.15) is 31.1 Å². The average Bonchev–Trinajstić information content (AvgIpc) is 3.10. The van der Waals surface area contributed by atoms with E-state index in [-0.39, 0.29) is 5.78 Å². The number of nitrogens with one attached hydrogen (secondary N) is 1. The van der Waals surface area contributed by atoms with Crippen molar-refractivity contribution in [2.75, 3.05) is 31.2 Å². The molecular weight excluding hydrogens is 340 g/mol. The fraction of sp³-hybridized carbons (Fsp3) is 0.381. The Hall–Kier alpha value is -2.73. The van der Waals surface area contributed by atoms with Gasteiger partial charge in [-0.05, 0) is 12.1 Å². The van der Waals surface area contributed by atoms with E-state index in [2.05, 4.69) is 27.0 Å². The number of aromatic nitrogens is 3. The van der Waals surface area contributed by atoms with E-state index in [0.717, 1.165) is 43.2 Å². The lowest BCUT2D eigenvalue weighted by Crippen LogP contribution is -2.36. The highest BCUT2D eigenvalue weighted by atomic mass is 16.5. The molecule has 1 saturated heterocycles. The molecule has 2 aromatic heterocycles. The summed E-state index contributed by atoms with van der Waals surface area (Å²) in [7, 11) is 0. The molecule has 4 rings (SSSR count). The summed E-state index contributed by atoms with van der Waals surface area (Å²) in [5.41, 5.74) is 4.29. The van der Waals surface area contributed by atoms with Crippen molar-refractivity contribution in [3.63, 3.8) is 0 Å². The molecule has 1 aliphatic heterocycles. The Morgan fingerprint density at radius 3 is 2.74 bits per heavy atom. The molecule has 0 spiro atoms. The summed E-state index contributed by atoms with van der Waals surface area (Å²) < 4.78 is 5.44. The number of carbonyl (C=O) groups is 1. The number of anilines is 1. The number of Topliss-reactive ketones (excluding diaryl/α,β-unsaturated/α-hetero) is 1. The van der Waals surface area contributed by atoms with Gasteiger partial charge in [-0.25, -0.2) is 9.97 Å². The fourth-order valence-corrected chi connectivity index (χ4v) is 3.29. The molecule has 0 saturated carbocycles. The van der Waals surface area contributed by atoms with Crippen molar-refractivity contribution in [3.8, 4) is 11.3 Å². The predicted molar refractivity (Wildman–Crippen MR) is 106 cm³/mol. The normalized spacial score (nSPS) is 15.3. The van der Waals surface area contributed by atoms with Gasteiger partial charge in [0.15, 0.2) is 11.4 Å². The molecule has 140 valence electrons. The quantitative estimate of drug-likeness (QED) is 0.718. The van der Waals surface area contributed by atoms with Crippen LogP contribution in [0.2, 0.25) is 0 Å². The molecule has 0 aliphatic carbocycles. The molecule has 27 heavy (non-hydrogen) atoms. The third-order valence-corrected chi connectivity index (χ3v) is 4.82. The minimum Gasteiger partial charge on any atom is -0.378 e. The number of ketones is 1. The number of morpholine rings is 1. The van der Waals surface area contributed by atoms with Gasteiger partial charge in [0.1, 0.15) is 5.52 Å². The molecular formula is C21H24N4O2. The standard InChI is InChI=1S/C21H24N4O2/c1-21(2,3)19(26)16-12-22-20-18(16)24-17(13-23-20)14-5-4-6-15(11-14)25-7-9-27-10-8-25/h4-6,11-13H,7-10H2,1-3H3,(H,22,23). The van der Waals surface area contributed by atoms with Crippen LogP contribution in [-0.4, -0.2) is 47.0 Å². The highest BCUT2D eigenvalue weighted by Crippen LogP contribution is 2.28. The summed E-state index contributed by atoms with van der Waals surface area (Å²) in [6.45, 7) is 9.01. The molecule has 0 unspecified atom stereocenters. The van der Waals surface area contributed by atoms with Gasteiger partial charge in [0.05, 0.1) is 30.7 Å². The highest BCUT2D eigenvalue weighted by Gasteiger charge is 2.26. The van der Waals surface area contributed by atoms with Crippen molar-refractivity contribution in [3.05, 3.63) is 42.2 Å². The van der Waals surface area contributed by atoms with Crippen molar-refractivity contribution in [2.45, 2.75) is 20.8 Å². The summed E-state index contributed by atoms with van der Waals surface area (Å²) in [6.07, 6.45) is 3.47. The number of aromatic amines is 1. The number of rotatable bonds is 3. The topological polar surface area (TPSA) is 71.1 Å². The van der Waals surface area contributed by atoms with Gasteiger partial charge in [-0.2, -0.15) is 0 Å². The van der Waals surface area contributed by atoms with Crippen LogP contribution in [0.3, 0.4) is 0 Å². The Labute approximate surface area is 158 Å². The van der Waals surface area contributed by atoms with Gasteiger partial charge in [0.2, 0.25) is 0 Å². The van der Waals surface area contributed by atoms with Crippen LogP contribution in [0.15, 0.2) is 36.7 Å². The average molecular weight is 364 g/mol. The zero-order chi connectivity index (χ0) is 19.0. The Morgan fingerprint density at radius 2 is 2.00 bits per heavy atom. The van der Waals surface area contributed by atoms with E-state index in [0.29, 0.717) is 16.7 Å².